The summed E-state index contributed by atoms with van der Waals surface area (Å²) in [6.45, 7) is 0. The molecule has 122 valence electrons. The number of ether oxygens (including phenoxy) is 1. The summed E-state index contributed by atoms with van der Waals surface area (Å²) in [7, 11) is 0. The molecule has 25 heavy (non-hydrogen) atoms. The Hall–Kier alpha value is -2.99. The van der Waals surface area contributed by atoms with Crippen molar-refractivity contribution in [1.29, 1.82) is 0 Å². The summed E-state index contributed by atoms with van der Waals surface area (Å²) < 4.78 is 11.5. The molecule has 5 nitrogen and oxygen atoms in total. The average molecular weight is 396 g/mol. The Labute approximate surface area is 150 Å². The van der Waals surface area contributed by atoms with Gasteiger partial charge in [-0.1, -0.05) is 28.1 Å². The molecule has 0 saturated heterocycles. The van der Waals surface area contributed by atoms with Crippen LogP contribution in [0.15, 0.2) is 79.2 Å². The third-order valence-corrected chi connectivity index (χ3v) is 4.24. The second-order valence-electron chi connectivity index (χ2n) is 5.36. The molecule has 0 N–H and O–H groups in total. The maximum atomic E-state index is 12.5. The normalized spacial score (nSPS) is 15.5. The van der Waals surface area contributed by atoms with Crippen molar-refractivity contribution in [3.8, 4) is 0 Å². The lowest BCUT2D eigenvalue weighted by Crippen LogP contribution is -2.07. The molecular formula is C19H10BrNO4. The fraction of sp³-hybridized carbons (Fsp3) is 0. The molecule has 0 amide bonds. The van der Waals surface area contributed by atoms with Crippen LogP contribution in [0.1, 0.15) is 11.1 Å². The molecule has 0 saturated carbocycles. The summed E-state index contributed by atoms with van der Waals surface area (Å²) in [4.78, 5) is 28.8. The number of hydrogen-bond acceptors (Lipinski definition) is 5. The molecule has 2 aromatic carbocycles. The second-order valence-corrected chi connectivity index (χ2v) is 6.27. The van der Waals surface area contributed by atoms with Crippen molar-refractivity contribution in [2.45, 2.75) is 0 Å². The van der Waals surface area contributed by atoms with Gasteiger partial charge in [-0.2, -0.15) is 0 Å². The molecule has 0 atom stereocenters. The van der Waals surface area contributed by atoms with Crippen LogP contribution >= 0.6 is 15.9 Å². The van der Waals surface area contributed by atoms with Crippen LogP contribution in [-0.2, 0) is 9.53 Å². The van der Waals surface area contributed by atoms with Crippen molar-refractivity contribution >= 4 is 44.8 Å². The van der Waals surface area contributed by atoms with E-state index in [-0.39, 0.29) is 22.6 Å². The topological polar surface area (TPSA) is 68.9 Å². The largest absolute Gasteiger partial charge is 0.463 e. The Balaban J connectivity index is 1.76. The SMILES string of the molecule is O=C1OC(c2ccc(Br)cc2)=N/C1=C/c1coc2ccccc2c1=O. The van der Waals surface area contributed by atoms with E-state index in [1.165, 1.54) is 12.3 Å². The van der Waals surface area contributed by atoms with Crippen molar-refractivity contribution in [3.63, 3.8) is 0 Å². The summed E-state index contributed by atoms with van der Waals surface area (Å²) in [6, 6.07) is 14.1. The predicted molar refractivity (Wildman–Crippen MR) is 97.2 cm³/mol. The van der Waals surface area contributed by atoms with Gasteiger partial charge in [-0.25, -0.2) is 9.79 Å². The van der Waals surface area contributed by atoms with E-state index in [1.807, 2.05) is 12.1 Å². The molecular weight excluding hydrogens is 386 g/mol. The summed E-state index contributed by atoms with van der Waals surface area (Å²) in [5.41, 5.74) is 1.23. The van der Waals surface area contributed by atoms with E-state index in [0.717, 1.165) is 4.47 Å². The quantitative estimate of drug-likeness (QED) is 0.487. The van der Waals surface area contributed by atoms with Gasteiger partial charge in [0.05, 0.1) is 10.9 Å². The van der Waals surface area contributed by atoms with E-state index < -0.39 is 5.97 Å². The first-order chi connectivity index (χ1) is 12.1. The molecule has 0 fully saturated rings. The van der Waals surface area contributed by atoms with Crippen LogP contribution in [0.2, 0.25) is 0 Å². The number of carbonyl (C=O) groups is 1. The van der Waals surface area contributed by atoms with Crippen LogP contribution in [0, 0.1) is 0 Å². The Morgan fingerprint density at radius 3 is 2.56 bits per heavy atom. The molecule has 1 aliphatic rings. The van der Waals surface area contributed by atoms with Gasteiger partial charge in [-0.15, -0.1) is 0 Å². The lowest BCUT2D eigenvalue weighted by molar-refractivity contribution is -0.129. The van der Waals surface area contributed by atoms with Gasteiger partial charge in [0, 0.05) is 10.0 Å². The molecule has 0 bridgehead atoms. The smallest absolute Gasteiger partial charge is 0.363 e. The van der Waals surface area contributed by atoms with E-state index in [0.29, 0.717) is 16.5 Å². The van der Waals surface area contributed by atoms with Gasteiger partial charge in [-0.05, 0) is 42.5 Å². The lowest BCUT2D eigenvalue weighted by atomic mass is 10.1. The molecule has 1 aromatic heterocycles. The number of esters is 1. The Morgan fingerprint density at radius 2 is 1.76 bits per heavy atom. The van der Waals surface area contributed by atoms with Crippen LogP contribution in [0.5, 0.6) is 0 Å². The fourth-order valence-corrected chi connectivity index (χ4v) is 2.73. The number of hydrogen-bond donors (Lipinski definition) is 0. The molecule has 3 aromatic rings. The maximum absolute atomic E-state index is 12.5. The van der Waals surface area contributed by atoms with Crippen LogP contribution in [0.3, 0.4) is 0 Å². The number of aliphatic imine (C=N–C) groups is 1. The number of benzene rings is 2. The number of rotatable bonds is 2. The van der Waals surface area contributed by atoms with Crippen molar-refractivity contribution < 1.29 is 13.9 Å². The van der Waals surface area contributed by atoms with Gasteiger partial charge >= 0.3 is 5.97 Å². The summed E-state index contributed by atoms with van der Waals surface area (Å²) in [5.74, 6) is -0.403. The number of nitrogens with zero attached hydrogens (tertiary/aromatic N) is 1. The Bertz CT molecular complexity index is 1110. The molecule has 0 aliphatic carbocycles. The third kappa shape index (κ3) is 2.92. The first-order valence-corrected chi connectivity index (χ1v) is 8.20. The predicted octanol–water partition coefficient (Wildman–Crippen LogP) is 3.90. The van der Waals surface area contributed by atoms with E-state index in [1.54, 1.807) is 36.4 Å². The highest BCUT2D eigenvalue weighted by molar-refractivity contribution is 9.10. The first-order valence-electron chi connectivity index (χ1n) is 7.41. The highest BCUT2D eigenvalue weighted by Crippen LogP contribution is 2.20. The highest BCUT2D eigenvalue weighted by atomic mass is 79.9. The van der Waals surface area contributed by atoms with Crippen LogP contribution in [0.25, 0.3) is 17.0 Å². The summed E-state index contributed by atoms with van der Waals surface area (Å²) in [5, 5.41) is 0.445. The van der Waals surface area contributed by atoms with E-state index in [4.69, 9.17) is 9.15 Å². The van der Waals surface area contributed by atoms with Gasteiger partial charge in [0.1, 0.15) is 11.8 Å². The fourth-order valence-electron chi connectivity index (χ4n) is 2.46. The van der Waals surface area contributed by atoms with Crippen molar-refractivity contribution in [2.75, 3.05) is 0 Å². The van der Waals surface area contributed by atoms with Crippen LogP contribution in [0.4, 0.5) is 0 Å². The number of para-hydroxylation sites is 1. The maximum Gasteiger partial charge on any atom is 0.363 e. The minimum atomic E-state index is -0.606. The molecule has 0 spiro atoms. The molecule has 0 radical (unpaired) electrons. The zero-order valence-electron chi connectivity index (χ0n) is 12.7. The van der Waals surface area contributed by atoms with Gasteiger partial charge in [0.25, 0.3) is 0 Å². The van der Waals surface area contributed by atoms with Crippen molar-refractivity contribution in [2.24, 2.45) is 4.99 Å². The molecule has 6 heteroatoms. The highest BCUT2D eigenvalue weighted by Gasteiger charge is 2.24. The first kappa shape index (κ1) is 15.5. The van der Waals surface area contributed by atoms with E-state index in [2.05, 4.69) is 20.9 Å². The molecule has 4 rings (SSSR count). The third-order valence-electron chi connectivity index (χ3n) is 3.71. The number of halogens is 1. The average Bonchev–Trinajstić information content (AvgIpc) is 2.99. The van der Waals surface area contributed by atoms with Crippen LogP contribution < -0.4 is 5.43 Å². The Kier molecular flexibility index (Phi) is 3.82. The molecule has 2 heterocycles. The van der Waals surface area contributed by atoms with Gasteiger partial charge in [-0.3, -0.25) is 4.79 Å². The summed E-state index contributed by atoms with van der Waals surface area (Å²) in [6.07, 6.45) is 2.70. The van der Waals surface area contributed by atoms with Gasteiger partial charge in [0.2, 0.25) is 5.90 Å². The van der Waals surface area contributed by atoms with Crippen LogP contribution in [-0.4, -0.2) is 11.9 Å². The van der Waals surface area contributed by atoms with Gasteiger partial charge in [0.15, 0.2) is 11.1 Å². The van der Waals surface area contributed by atoms with Crippen molar-refractivity contribution in [3.05, 3.63) is 86.3 Å². The van der Waals surface area contributed by atoms with Crippen molar-refractivity contribution in [1.82, 2.24) is 0 Å². The lowest BCUT2D eigenvalue weighted by Gasteiger charge is -1.98. The standard InChI is InChI=1S/C19H10BrNO4/c20-13-7-5-11(6-8-13)18-21-15(19(23)25-18)9-12-10-24-16-4-2-1-3-14(16)17(12)22/h1-10H/b15-9+. The van der Waals surface area contributed by atoms with E-state index >= 15 is 0 Å². The zero-order chi connectivity index (χ0) is 17.4. The zero-order valence-corrected chi connectivity index (χ0v) is 14.3. The minimum absolute atomic E-state index is 0.0560. The number of carbonyl (C=O) groups excluding carboxylic acids is 1. The summed E-state index contributed by atoms with van der Waals surface area (Å²) >= 11 is 3.35. The monoisotopic (exact) mass is 395 g/mol. The Morgan fingerprint density at radius 1 is 1.00 bits per heavy atom. The van der Waals surface area contributed by atoms with Gasteiger partial charge < -0.3 is 9.15 Å². The molecule has 1 aliphatic heterocycles. The molecule has 0 unspecified atom stereocenters. The second kappa shape index (κ2) is 6.14. The number of cyclic esters (lactones) is 1. The number of fused-ring (bicyclic) bond motifs is 1. The minimum Gasteiger partial charge on any atom is -0.463 e. The van der Waals surface area contributed by atoms with E-state index in [9.17, 15) is 9.59 Å².